The number of tetrazole rings is 1. The number of ether oxygens (including phenoxy) is 1. The predicted molar refractivity (Wildman–Crippen MR) is 61.4 cm³/mol. The van der Waals surface area contributed by atoms with Crippen molar-refractivity contribution < 1.29 is 4.74 Å². The molecule has 0 bridgehead atoms. The Balaban J connectivity index is 1.80. The van der Waals surface area contributed by atoms with E-state index in [1.54, 1.807) is 11.8 Å². The van der Waals surface area contributed by atoms with Gasteiger partial charge in [-0.25, -0.2) is 4.68 Å². The van der Waals surface area contributed by atoms with E-state index in [4.69, 9.17) is 4.74 Å². The average Bonchev–Trinajstić information content (AvgIpc) is 2.94. The van der Waals surface area contributed by atoms with Gasteiger partial charge >= 0.3 is 0 Å². The molecule has 90 valence electrons. The van der Waals surface area contributed by atoms with Crippen LogP contribution in [0.25, 0.3) is 0 Å². The summed E-state index contributed by atoms with van der Waals surface area (Å²) in [6, 6.07) is 0. The Hall–Kier alpha value is -0.660. The number of nitrogens with one attached hydrogen (secondary N) is 1. The number of nitrogens with zero attached hydrogens (tertiary/aromatic N) is 4. The maximum Gasteiger partial charge on any atom is 0.209 e. The molecular formula is C9H17N5OS. The second-order valence-corrected chi connectivity index (χ2v) is 4.72. The van der Waals surface area contributed by atoms with Gasteiger partial charge in [-0.15, -0.1) is 5.10 Å². The van der Waals surface area contributed by atoms with Crippen molar-refractivity contribution in [1.82, 2.24) is 25.5 Å². The van der Waals surface area contributed by atoms with Crippen LogP contribution in [0, 0.1) is 0 Å². The summed E-state index contributed by atoms with van der Waals surface area (Å²) in [5.74, 6) is 0.944. The van der Waals surface area contributed by atoms with Crippen LogP contribution in [0.4, 0.5) is 0 Å². The number of aromatic nitrogens is 4. The van der Waals surface area contributed by atoms with E-state index >= 15 is 0 Å². The summed E-state index contributed by atoms with van der Waals surface area (Å²) in [5.41, 5.74) is 0. The van der Waals surface area contributed by atoms with Crippen LogP contribution in [-0.2, 0) is 11.3 Å². The molecule has 2 heterocycles. The first-order valence-corrected chi connectivity index (χ1v) is 6.54. The van der Waals surface area contributed by atoms with Gasteiger partial charge in [-0.1, -0.05) is 11.8 Å². The van der Waals surface area contributed by atoms with Gasteiger partial charge in [0.25, 0.3) is 0 Å². The van der Waals surface area contributed by atoms with Crippen molar-refractivity contribution in [2.24, 2.45) is 0 Å². The molecule has 0 spiro atoms. The Morgan fingerprint density at radius 3 is 3.31 bits per heavy atom. The molecule has 0 radical (unpaired) electrons. The van der Waals surface area contributed by atoms with E-state index in [9.17, 15) is 0 Å². The summed E-state index contributed by atoms with van der Waals surface area (Å²) in [4.78, 5) is 0. The van der Waals surface area contributed by atoms with Gasteiger partial charge in [0.1, 0.15) is 0 Å². The minimum Gasteiger partial charge on any atom is -0.377 e. The molecule has 1 aromatic rings. The van der Waals surface area contributed by atoms with Crippen LogP contribution in [-0.4, -0.2) is 52.3 Å². The summed E-state index contributed by atoms with van der Waals surface area (Å²) in [6.07, 6.45) is 2.71. The largest absolute Gasteiger partial charge is 0.377 e. The van der Waals surface area contributed by atoms with Gasteiger partial charge in [0, 0.05) is 18.9 Å². The lowest BCUT2D eigenvalue weighted by Gasteiger charge is -2.08. The number of hydrogen-bond acceptors (Lipinski definition) is 6. The highest BCUT2D eigenvalue weighted by molar-refractivity contribution is 7.99. The van der Waals surface area contributed by atoms with Gasteiger partial charge in [-0.3, -0.25) is 0 Å². The van der Waals surface area contributed by atoms with Crippen molar-refractivity contribution >= 4 is 11.8 Å². The topological polar surface area (TPSA) is 64.9 Å². The Bertz CT molecular complexity index is 313. The van der Waals surface area contributed by atoms with Gasteiger partial charge in [-0.05, 0) is 30.3 Å². The molecule has 1 unspecified atom stereocenters. The molecule has 1 aliphatic rings. The molecule has 0 amide bonds. The zero-order valence-electron chi connectivity index (χ0n) is 9.43. The maximum atomic E-state index is 5.56. The quantitative estimate of drug-likeness (QED) is 0.718. The van der Waals surface area contributed by atoms with Crippen LogP contribution in [0.3, 0.4) is 0 Å². The summed E-state index contributed by atoms with van der Waals surface area (Å²) >= 11 is 1.68. The zero-order chi connectivity index (χ0) is 11.2. The van der Waals surface area contributed by atoms with Gasteiger partial charge < -0.3 is 10.1 Å². The molecular weight excluding hydrogens is 226 g/mol. The fourth-order valence-corrected chi connectivity index (χ4v) is 2.57. The van der Waals surface area contributed by atoms with Crippen molar-refractivity contribution in [3.8, 4) is 0 Å². The Morgan fingerprint density at radius 1 is 1.62 bits per heavy atom. The lowest BCUT2D eigenvalue weighted by molar-refractivity contribution is 0.129. The summed E-state index contributed by atoms with van der Waals surface area (Å²) in [5, 5.41) is 15.6. The summed E-state index contributed by atoms with van der Waals surface area (Å²) < 4.78 is 7.39. The number of rotatable bonds is 6. The highest BCUT2D eigenvalue weighted by Gasteiger charge is 2.17. The molecule has 1 N–H and O–H groups in total. The molecule has 1 aliphatic heterocycles. The highest BCUT2D eigenvalue weighted by Crippen LogP contribution is 2.21. The van der Waals surface area contributed by atoms with E-state index in [1.807, 2.05) is 11.7 Å². The monoisotopic (exact) mass is 243 g/mol. The van der Waals surface area contributed by atoms with E-state index in [0.29, 0.717) is 6.10 Å². The first-order valence-electron chi connectivity index (χ1n) is 5.55. The third-order valence-corrected chi connectivity index (χ3v) is 3.58. The van der Waals surface area contributed by atoms with Crippen LogP contribution in [0.1, 0.15) is 12.8 Å². The van der Waals surface area contributed by atoms with Crippen molar-refractivity contribution in [1.29, 1.82) is 0 Å². The number of likely N-dealkylation sites (N-methyl/N-ethyl adjacent to an activating group) is 1. The van der Waals surface area contributed by atoms with E-state index in [0.717, 1.165) is 37.0 Å². The SMILES string of the molecule is CNCCn1nnnc1SCC1CCCO1. The van der Waals surface area contributed by atoms with Gasteiger partial charge in [0.05, 0.1) is 12.6 Å². The average molecular weight is 243 g/mol. The van der Waals surface area contributed by atoms with Crippen LogP contribution in [0.5, 0.6) is 0 Å². The fraction of sp³-hybridized carbons (Fsp3) is 0.889. The minimum absolute atomic E-state index is 0.374. The number of hydrogen-bond donors (Lipinski definition) is 1. The fourth-order valence-electron chi connectivity index (χ4n) is 1.60. The normalized spacial score (nSPS) is 20.4. The van der Waals surface area contributed by atoms with Crippen molar-refractivity contribution in [2.75, 3.05) is 26.0 Å². The van der Waals surface area contributed by atoms with E-state index < -0.39 is 0 Å². The molecule has 16 heavy (non-hydrogen) atoms. The smallest absolute Gasteiger partial charge is 0.209 e. The van der Waals surface area contributed by atoms with E-state index in [2.05, 4.69) is 20.8 Å². The van der Waals surface area contributed by atoms with Crippen molar-refractivity contribution in [2.45, 2.75) is 30.6 Å². The Morgan fingerprint density at radius 2 is 2.56 bits per heavy atom. The highest BCUT2D eigenvalue weighted by atomic mass is 32.2. The third kappa shape index (κ3) is 3.16. The van der Waals surface area contributed by atoms with Gasteiger partial charge in [0.2, 0.25) is 5.16 Å². The summed E-state index contributed by atoms with van der Waals surface area (Å²) in [7, 11) is 1.92. The summed E-state index contributed by atoms with van der Waals surface area (Å²) in [6.45, 7) is 2.58. The molecule has 7 heteroatoms. The molecule has 0 aromatic carbocycles. The second kappa shape index (κ2) is 6.17. The lowest BCUT2D eigenvalue weighted by Crippen LogP contribution is -2.17. The van der Waals surface area contributed by atoms with Crippen LogP contribution in [0.2, 0.25) is 0 Å². The Kier molecular flexibility index (Phi) is 4.55. The molecule has 1 atom stereocenters. The van der Waals surface area contributed by atoms with Crippen LogP contribution >= 0.6 is 11.8 Å². The lowest BCUT2D eigenvalue weighted by atomic mass is 10.3. The van der Waals surface area contributed by atoms with Crippen molar-refractivity contribution in [3.63, 3.8) is 0 Å². The minimum atomic E-state index is 0.374. The molecule has 6 nitrogen and oxygen atoms in total. The molecule has 1 saturated heterocycles. The first-order chi connectivity index (χ1) is 7.90. The van der Waals surface area contributed by atoms with Crippen LogP contribution in [0.15, 0.2) is 5.16 Å². The van der Waals surface area contributed by atoms with Gasteiger partial charge in [0.15, 0.2) is 0 Å². The standard InChI is InChI=1S/C9H17N5OS/c1-10-4-5-14-9(11-12-13-14)16-7-8-3-2-6-15-8/h8,10H,2-7H2,1H3. The van der Waals surface area contributed by atoms with E-state index in [-0.39, 0.29) is 0 Å². The molecule has 1 fully saturated rings. The first kappa shape index (κ1) is 11.8. The van der Waals surface area contributed by atoms with Crippen molar-refractivity contribution in [3.05, 3.63) is 0 Å². The molecule has 1 aromatic heterocycles. The Labute approximate surface area is 99.1 Å². The molecule has 2 rings (SSSR count). The van der Waals surface area contributed by atoms with Crippen LogP contribution < -0.4 is 5.32 Å². The second-order valence-electron chi connectivity index (χ2n) is 3.73. The number of thioether (sulfide) groups is 1. The maximum absolute atomic E-state index is 5.56. The van der Waals surface area contributed by atoms with E-state index in [1.165, 1.54) is 6.42 Å². The zero-order valence-corrected chi connectivity index (χ0v) is 10.2. The van der Waals surface area contributed by atoms with Gasteiger partial charge in [-0.2, -0.15) is 0 Å². The molecule has 0 saturated carbocycles. The predicted octanol–water partition coefficient (Wildman–Crippen LogP) is 0.164. The molecule has 0 aliphatic carbocycles. The third-order valence-electron chi connectivity index (χ3n) is 2.49.